The number of carbonyl (C=O) groups excluding carboxylic acids is 2. The van der Waals surface area contributed by atoms with Crippen LogP contribution in [0.4, 0.5) is 4.79 Å². The molecule has 0 aromatic carbocycles. The SMILES string of the molecule is CC(C)(C)OC(=O)N1C[C@@]2(CI)CC1C(=O)O2. The van der Waals surface area contributed by atoms with Gasteiger partial charge in [0.05, 0.1) is 6.54 Å². The number of alkyl halides is 1. The van der Waals surface area contributed by atoms with E-state index in [9.17, 15) is 9.59 Å². The summed E-state index contributed by atoms with van der Waals surface area (Å²) >= 11 is 2.18. The number of rotatable bonds is 1. The third-order valence-corrected chi connectivity index (χ3v) is 4.25. The standard InChI is InChI=1S/C11H16INO4/c1-10(2,3)17-9(15)13-6-11(5-12)4-7(13)8(14)16-11/h7H,4-6H2,1-3H3/t7?,11-/m0/s1. The van der Waals surface area contributed by atoms with Crippen LogP contribution < -0.4 is 0 Å². The van der Waals surface area contributed by atoms with Crippen LogP contribution in [0.5, 0.6) is 0 Å². The van der Waals surface area contributed by atoms with Crippen LogP contribution >= 0.6 is 22.6 Å². The molecule has 0 radical (unpaired) electrons. The predicted octanol–water partition coefficient (Wildman–Crippen LogP) is 1.73. The first kappa shape index (κ1) is 12.9. The van der Waals surface area contributed by atoms with Gasteiger partial charge in [-0.25, -0.2) is 9.59 Å². The predicted molar refractivity (Wildman–Crippen MR) is 69.1 cm³/mol. The van der Waals surface area contributed by atoms with Gasteiger partial charge in [0.15, 0.2) is 0 Å². The molecule has 2 fully saturated rings. The summed E-state index contributed by atoms with van der Waals surface area (Å²) in [5.41, 5.74) is -1.03. The maximum atomic E-state index is 11.9. The zero-order valence-corrected chi connectivity index (χ0v) is 12.3. The fourth-order valence-corrected chi connectivity index (χ4v) is 2.86. The molecule has 96 valence electrons. The van der Waals surface area contributed by atoms with Crippen molar-refractivity contribution in [2.75, 3.05) is 11.0 Å². The van der Waals surface area contributed by atoms with E-state index in [4.69, 9.17) is 9.47 Å². The number of hydrogen-bond acceptors (Lipinski definition) is 4. The van der Waals surface area contributed by atoms with Gasteiger partial charge in [0, 0.05) is 10.8 Å². The normalized spacial score (nSPS) is 31.6. The molecule has 0 aliphatic carbocycles. The number of ether oxygens (including phenoxy) is 2. The maximum absolute atomic E-state index is 11.9. The van der Waals surface area contributed by atoms with E-state index in [0.717, 1.165) is 0 Å². The number of amides is 1. The van der Waals surface area contributed by atoms with Crippen molar-refractivity contribution in [3.8, 4) is 0 Å². The molecule has 0 saturated carbocycles. The second-order valence-corrected chi connectivity index (χ2v) is 6.33. The summed E-state index contributed by atoms with van der Waals surface area (Å²) in [7, 11) is 0. The van der Waals surface area contributed by atoms with Crippen LogP contribution in [-0.4, -0.2) is 45.2 Å². The summed E-state index contributed by atoms with van der Waals surface area (Å²) < 4.78 is 11.3. The van der Waals surface area contributed by atoms with Crippen molar-refractivity contribution < 1.29 is 19.1 Å². The van der Waals surface area contributed by atoms with Crippen LogP contribution in [0.2, 0.25) is 0 Å². The summed E-state index contributed by atoms with van der Waals surface area (Å²) in [5, 5.41) is 0. The molecule has 6 heteroatoms. The number of nitrogens with zero attached hydrogens (tertiary/aromatic N) is 1. The summed E-state index contributed by atoms with van der Waals surface area (Å²) in [4.78, 5) is 25.0. The van der Waals surface area contributed by atoms with Crippen LogP contribution in [0, 0.1) is 0 Å². The molecule has 2 heterocycles. The molecule has 1 amide bonds. The number of fused-ring (bicyclic) bond motifs is 2. The lowest BCUT2D eigenvalue weighted by Crippen LogP contribution is -2.50. The van der Waals surface area contributed by atoms with Crippen LogP contribution in [-0.2, 0) is 14.3 Å². The molecule has 2 atom stereocenters. The van der Waals surface area contributed by atoms with Gasteiger partial charge in [-0.1, -0.05) is 22.6 Å². The van der Waals surface area contributed by atoms with Crippen LogP contribution in [0.15, 0.2) is 0 Å². The highest BCUT2D eigenvalue weighted by atomic mass is 127. The van der Waals surface area contributed by atoms with E-state index >= 15 is 0 Å². The molecule has 0 aromatic heterocycles. The third-order valence-electron chi connectivity index (χ3n) is 2.86. The quantitative estimate of drug-likeness (QED) is 0.409. The lowest BCUT2D eigenvalue weighted by Gasteiger charge is -2.32. The van der Waals surface area contributed by atoms with Gasteiger partial charge in [-0.3, -0.25) is 4.90 Å². The number of carbonyl (C=O) groups is 2. The molecular formula is C11H16INO4. The Morgan fingerprint density at radius 2 is 2.29 bits per heavy atom. The van der Waals surface area contributed by atoms with Gasteiger partial charge >= 0.3 is 12.1 Å². The first-order valence-corrected chi connectivity index (χ1v) is 7.07. The van der Waals surface area contributed by atoms with E-state index in [1.54, 1.807) is 0 Å². The second kappa shape index (κ2) is 4.00. The molecule has 0 N–H and O–H groups in total. The van der Waals surface area contributed by atoms with Gasteiger partial charge < -0.3 is 9.47 Å². The minimum absolute atomic E-state index is 0.307. The smallest absolute Gasteiger partial charge is 0.411 e. The molecule has 17 heavy (non-hydrogen) atoms. The van der Waals surface area contributed by atoms with E-state index in [1.165, 1.54) is 4.90 Å². The van der Waals surface area contributed by atoms with Crippen molar-refractivity contribution in [3.05, 3.63) is 0 Å². The second-order valence-electron chi connectivity index (χ2n) is 5.57. The first-order valence-electron chi connectivity index (χ1n) is 5.55. The van der Waals surface area contributed by atoms with E-state index in [1.807, 2.05) is 20.8 Å². The van der Waals surface area contributed by atoms with Gasteiger partial charge in [-0.2, -0.15) is 0 Å². The highest BCUT2D eigenvalue weighted by Gasteiger charge is 2.58. The monoisotopic (exact) mass is 353 g/mol. The topological polar surface area (TPSA) is 55.8 Å². The summed E-state index contributed by atoms with van der Waals surface area (Å²) in [6, 6.07) is -0.459. The Hall–Kier alpha value is -0.530. The molecule has 2 rings (SSSR count). The first-order chi connectivity index (χ1) is 7.76. The Morgan fingerprint density at radius 3 is 2.76 bits per heavy atom. The Morgan fingerprint density at radius 1 is 1.65 bits per heavy atom. The molecule has 2 saturated heterocycles. The summed E-state index contributed by atoms with van der Waals surface area (Å²) in [6.45, 7) is 5.88. The maximum Gasteiger partial charge on any atom is 0.411 e. The Kier molecular flexibility index (Phi) is 3.04. The largest absolute Gasteiger partial charge is 0.455 e. The zero-order valence-electron chi connectivity index (χ0n) is 10.2. The van der Waals surface area contributed by atoms with E-state index < -0.39 is 23.3 Å². The van der Waals surface area contributed by atoms with E-state index in [2.05, 4.69) is 22.6 Å². The fraction of sp³-hybridized carbons (Fsp3) is 0.818. The molecule has 1 unspecified atom stereocenters. The molecule has 0 spiro atoms. The van der Waals surface area contributed by atoms with Crippen molar-refractivity contribution in [2.24, 2.45) is 0 Å². The molecular weight excluding hydrogens is 337 g/mol. The highest BCUT2D eigenvalue weighted by Crippen LogP contribution is 2.40. The lowest BCUT2D eigenvalue weighted by molar-refractivity contribution is -0.157. The molecule has 2 aliphatic heterocycles. The minimum Gasteiger partial charge on any atom is -0.455 e. The Balaban J connectivity index is 2.10. The number of hydrogen-bond donors (Lipinski definition) is 0. The average Bonchev–Trinajstić information content (AvgIpc) is 2.70. The van der Waals surface area contributed by atoms with Gasteiger partial charge in [0.25, 0.3) is 0 Å². The molecule has 2 bridgehead atoms. The number of esters is 1. The number of halogens is 1. The van der Waals surface area contributed by atoms with Gasteiger partial charge in [-0.15, -0.1) is 0 Å². The van der Waals surface area contributed by atoms with Crippen LogP contribution in [0.3, 0.4) is 0 Å². The highest BCUT2D eigenvalue weighted by molar-refractivity contribution is 14.1. The fourth-order valence-electron chi connectivity index (χ4n) is 2.15. The molecule has 2 aliphatic rings. The van der Waals surface area contributed by atoms with Crippen molar-refractivity contribution >= 4 is 34.7 Å². The van der Waals surface area contributed by atoms with Crippen molar-refractivity contribution in [1.82, 2.24) is 4.90 Å². The number of likely N-dealkylation sites (tertiary alicyclic amines) is 1. The van der Waals surface area contributed by atoms with Crippen LogP contribution in [0.25, 0.3) is 0 Å². The zero-order chi connectivity index (χ0) is 12.8. The van der Waals surface area contributed by atoms with E-state index in [-0.39, 0.29) is 5.97 Å². The van der Waals surface area contributed by atoms with Crippen LogP contribution in [0.1, 0.15) is 27.2 Å². The van der Waals surface area contributed by atoms with Gasteiger partial charge in [-0.05, 0) is 20.8 Å². The minimum atomic E-state index is -0.541. The Bertz CT molecular complexity index is 365. The van der Waals surface area contributed by atoms with Gasteiger partial charge in [0.1, 0.15) is 17.2 Å². The van der Waals surface area contributed by atoms with Crippen molar-refractivity contribution in [3.63, 3.8) is 0 Å². The Labute approximate surface area is 114 Å². The lowest BCUT2D eigenvalue weighted by atomic mass is 10.1. The number of morpholine rings is 1. The summed E-state index contributed by atoms with van der Waals surface area (Å²) in [6.07, 6.45) is 0.166. The van der Waals surface area contributed by atoms with E-state index in [0.29, 0.717) is 17.4 Å². The third kappa shape index (κ3) is 2.36. The molecule has 0 aromatic rings. The summed E-state index contributed by atoms with van der Waals surface area (Å²) in [5.74, 6) is -0.307. The molecule has 5 nitrogen and oxygen atoms in total. The van der Waals surface area contributed by atoms with Gasteiger partial charge in [0.2, 0.25) is 0 Å². The van der Waals surface area contributed by atoms with Crippen molar-refractivity contribution in [1.29, 1.82) is 0 Å². The van der Waals surface area contributed by atoms with Crippen molar-refractivity contribution in [2.45, 2.75) is 44.4 Å². The average molecular weight is 353 g/mol.